The van der Waals surface area contributed by atoms with Gasteiger partial charge in [-0.3, -0.25) is 13.6 Å². The van der Waals surface area contributed by atoms with Gasteiger partial charge in [0.1, 0.15) is 0 Å². The molecule has 0 aromatic heterocycles. The Hall–Kier alpha value is -1.17. The molecule has 1 saturated heterocycles. The highest BCUT2D eigenvalue weighted by Gasteiger charge is 2.52. The molecule has 1 fully saturated rings. The Kier molecular flexibility index (Phi) is 6.13. The van der Waals surface area contributed by atoms with Gasteiger partial charge in [-0.2, -0.15) is 0 Å². The molecular weight excluding hydrogens is 299 g/mol. The van der Waals surface area contributed by atoms with Gasteiger partial charge in [-0.1, -0.05) is 6.08 Å². The number of hydrogen-bond acceptors (Lipinski definition) is 7. The zero-order chi connectivity index (χ0) is 16.2. The number of esters is 2. The fourth-order valence-electron chi connectivity index (χ4n) is 1.64. The van der Waals surface area contributed by atoms with E-state index in [1.165, 1.54) is 11.9 Å². The molecule has 1 rings (SSSR count). The van der Waals surface area contributed by atoms with Crippen molar-refractivity contribution in [3.05, 3.63) is 11.9 Å². The molecule has 0 radical (unpaired) electrons. The lowest BCUT2D eigenvalue weighted by molar-refractivity contribution is -0.167. The lowest BCUT2D eigenvalue weighted by Gasteiger charge is -2.17. The highest BCUT2D eigenvalue weighted by Crippen LogP contribution is 2.58. The Morgan fingerprint density at radius 1 is 1.00 bits per heavy atom. The fourth-order valence-corrected chi connectivity index (χ4v) is 3.22. The molecule has 1 heterocycles. The molecule has 1 aliphatic rings. The molecule has 120 valence electrons. The molecule has 0 unspecified atom stereocenters. The molecule has 8 heteroatoms. The summed E-state index contributed by atoms with van der Waals surface area (Å²) in [6.07, 6.45) is -2.14. The lowest BCUT2D eigenvalue weighted by Crippen LogP contribution is -2.40. The number of hydrogen-bond donors (Lipinski definition) is 0. The van der Waals surface area contributed by atoms with Crippen LogP contribution >= 0.6 is 7.60 Å². The molecule has 0 aliphatic carbocycles. The molecule has 0 bridgehead atoms. The van der Waals surface area contributed by atoms with Gasteiger partial charge in [-0.15, -0.1) is 0 Å². The second-order valence-corrected chi connectivity index (χ2v) is 6.84. The van der Waals surface area contributed by atoms with Crippen LogP contribution in [0.4, 0.5) is 0 Å². The predicted octanol–water partition coefficient (Wildman–Crippen LogP) is 2.40. The summed E-state index contributed by atoms with van der Waals surface area (Å²) in [5.41, 5.74) is 0. The Bertz CT molecular complexity index is 435. The zero-order valence-electron chi connectivity index (χ0n) is 12.8. The van der Waals surface area contributed by atoms with Crippen molar-refractivity contribution < 1.29 is 32.7 Å². The van der Waals surface area contributed by atoms with Gasteiger partial charge >= 0.3 is 19.5 Å². The Balaban J connectivity index is 2.97. The second-order valence-electron chi connectivity index (χ2n) is 5.05. The zero-order valence-corrected chi connectivity index (χ0v) is 13.7. The first-order valence-electron chi connectivity index (χ1n) is 6.70. The van der Waals surface area contributed by atoms with E-state index in [4.69, 9.17) is 18.5 Å². The maximum Gasteiger partial charge on any atom is 0.355 e. The molecule has 0 aromatic rings. The predicted molar refractivity (Wildman–Crippen MR) is 74.6 cm³/mol. The highest BCUT2D eigenvalue weighted by molar-refractivity contribution is 7.57. The van der Waals surface area contributed by atoms with E-state index in [0.29, 0.717) is 0 Å². The third-order valence-corrected chi connectivity index (χ3v) is 4.00. The molecule has 2 atom stereocenters. The minimum absolute atomic E-state index is 0.399. The summed E-state index contributed by atoms with van der Waals surface area (Å²) in [5.74, 6) is -0.429. The van der Waals surface area contributed by atoms with Crippen molar-refractivity contribution >= 4 is 19.5 Å². The van der Waals surface area contributed by atoms with E-state index in [2.05, 4.69) is 0 Å². The van der Waals surface area contributed by atoms with Crippen LogP contribution in [0.15, 0.2) is 11.9 Å². The van der Waals surface area contributed by atoms with Crippen LogP contribution in [0.2, 0.25) is 0 Å². The standard InChI is InChI=1S/C13H21O7P/c1-6-7-21(16)19-10(12(14)17-8(2)3)11(20-21)13(15)18-9(4)5/h6-11H,1-5H3/t10-,11-/m1/s1. The average molecular weight is 320 g/mol. The normalized spacial score (nSPS) is 24.7. The molecular formula is C13H21O7P. The summed E-state index contributed by atoms with van der Waals surface area (Å²) in [4.78, 5) is 23.9. The van der Waals surface area contributed by atoms with Crippen molar-refractivity contribution in [2.24, 2.45) is 0 Å². The van der Waals surface area contributed by atoms with Gasteiger partial charge in [0, 0.05) is 5.82 Å². The lowest BCUT2D eigenvalue weighted by atomic mass is 10.2. The van der Waals surface area contributed by atoms with E-state index in [1.807, 2.05) is 0 Å². The second kappa shape index (κ2) is 7.20. The largest absolute Gasteiger partial charge is 0.461 e. The summed E-state index contributed by atoms with van der Waals surface area (Å²) in [6.45, 7) is 8.23. The van der Waals surface area contributed by atoms with E-state index in [0.717, 1.165) is 0 Å². The van der Waals surface area contributed by atoms with Crippen LogP contribution in [0.5, 0.6) is 0 Å². The first kappa shape index (κ1) is 17.9. The summed E-state index contributed by atoms with van der Waals surface area (Å²) in [7, 11) is -3.66. The first-order valence-corrected chi connectivity index (χ1v) is 8.31. The van der Waals surface area contributed by atoms with Crippen LogP contribution < -0.4 is 0 Å². The van der Waals surface area contributed by atoms with Crippen LogP contribution in [-0.4, -0.2) is 36.4 Å². The van der Waals surface area contributed by atoms with E-state index in [1.54, 1.807) is 34.6 Å². The van der Waals surface area contributed by atoms with Gasteiger partial charge in [0.2, 0.25) is 12.2 Å². The molecule has 7 nitrogen and oxygen atoms in total. The van der Waals surface area contributed by atoms with Crippen LogP contribution in [-0.2, 0) is 32.7 Å². The van der Waals surface area contributed by atoms with Gasteiger partial charge in [-0.05, 0) is 34.6 Å². The molecule has 0 saturated carbocycles. The monoisotopic (exact) mass is 320 g/mol. The summed E-state index contributed by atoms with van der Waals surface area (Å²) in [6, 6.07) is 0. The maximum atomic E-state index is 12.3. The third-order valence-electron chi connectivity index (χ3n) is 2.30. The number of ether oxygens (including phenoxy) is 2. The van der Waals surface area contributed by atoms with E-state index < -0.39 is 44.0 Å². The van der Waals surface area contributed by atoms with Crippen LogP contribution in [0, 0.1) is 0 Å². The van der Waals surface area contributed by atoms with Crippen molar-refractivity contribution in [3.8, 4) is 0 Å². The van der Waals surface area contributed by atoms with Crippen molar-refractivity contribution in [2.45, 2.75) is 59.0 Å². The maximum absolute atomic E-state index is 12.3. The van der Waals surface area contributed by atoms with Crippen molar-refractivity contribution in [3.63, 3.8) is 0 Å². The number of allylic oxidation sites excluding steroid dienone is 1. The number of rotatable bonds is 5. The van der Waals surface area contributed by atoms with Gasteiger partial charge in [-0.25, -0.2) is 9.59 Å². The van der Waals surface area contributed by atoms with Gasteiger partial charge < -0.3 is 9.47 Å². The topological polar surface area (TPSA) is 88.1 Å². The Labute approximate surface area is 124 Å². The quantitative estimate of drug-likeness (QED) is 0.567. The molecule has 0 aromatic carbocycles. The molecule has 0 N–H and O–H groups in total. The third kappa shape index (κ3) is 4.95. The van der Waals surface area contributed by atoms with E-state index in [-0.39, 0.29) is 0 Å². The number of carbonyl (C=O) groups is 2. The average Bonchev–Trinajstić information content (AvgIpc) is 2.66. The minimum Gasteiger partial charge on any atom is -0.461 e. The molecule has 1 aliphatic heterocycles. The van der Waals surface area contributed by atoms with Crippen molar-refractivity contribution in [1.82, 2.24) is 0 Å². The highest BCUT2D eigenvalue weighted by atomic mass is 31.2. The minimum atomic E-state index is -3.66. The Morgan fingerprint density at radius 2 is 1.38 bits per heavy atom. The van der Waals surface area contributed by atoms with Crippen molar-refractivity contribution in [1.29, 1.82) is 0 Å². The van der Waals surface area contributed by atoms with Gasteiger partial charge in [0.05, 0.1) is 12.2 Å². The Morgan fingerprint density at radius 3 is 1.67 bits per heavy atom. The van der Waals surface area contributed by atoms with Gasteiger partial charge in [0.25, 0.3) is 0 Å². The molecule has 21 heavy (non-hydrogen) atoms. The summed E-state index contributed by atoms with van der Waals surface area (Å²) >= 11 is 0. The first-order chi connectivity index (χ1) is 9.68. The fraction of sp³-hybridized carbons (Fsp3) is 0.692. The van der Waals surface area contributed by atoms with Crippen LogP contribution in [0.3, 0.4) is 0 Å². The van der Waals surface area contributed by atoms with Crippen molar-refractivity contribution in [2.75, 3.05) is 0 Å². The smallest absolute Gasteiger partial charge is 0.355 e. The SMILES string of the molecule is CC=CP1(=O)O[C@@H](C(=O)OC(C)C)[C@H](C(=O)OC(C)C)O1. The summed E-state index contributed by atoms with van der Waals surface area (Å²) in [5, 5.41) is 0. The van der Waals surface area contributed by atoms with E-state index in [9.17, 15) is 14.2 Å². The van der Waals surface area contributed by atoms with E-state index >= 15 is 0 Å². The van der Waals surface area contributed by atoms with Crippen LogP contribution in [0.1, 0.15) is 34.6 Å². The van der Waals surface area contributed by atoms with Gasteiger partial charge in [0.15, 0.2) is 0 Å². The summed E-state index contributed by atoms with van der Waals surface area (Å²) < 4.78 is 32.5. The van der Waals surface area contributed by atoms with Crippen LogP contribution in [0.25, 0.3) is 0 Å². The molecule has 0 amide bonds. The number of carbonyl (C=O) groups excluding carboxylic acids is 2. The molecule has 0 spiro atoms.